The second-order valence-corrected chi connectivity index (χ2v) is 9.09. The Hall–Kier alpha value is -2.97. The highest BCUT2D eigenvalue weighted by Crippen LogP contribution is 2.39. The monoisotopic (exact) mass is 467 g/mol. The van der Waals surface area contributed by atoms with E-state index in [1.165, 1.54) is 5.56 Å². The van der Waals surface area contributed by atoms with Crippen molar-refractivity contribution in [1.82, 2.24) is 14.7 Å². The standard InChI is InChI=1S/C26H33N3O5/c1-31-20-6-8-23(32-2)21(15-20)22-4-3-9-29(22)26(30)17-28-12-10-27(11-13-28)16-19-5-7-24-25(14-19)34-18-33-24/h5-8,14-15,22H,3-4,9-13,16-18H2,1-2H3/t22-/m0/s1. The number of ether oxygens (including phenoxy) is 4. The molecule has 5 rings (SSSR count). The maximum atomic E-state index is 13.3. The van der Waals surface area contributed by atoms with Crippen LogP contribution in [0.5, 0.6) is 23.0 Å². The summed E-state index contributed by atoms with van der Waals surface area (Å²) in [7, 11) is 3.34. The lowest BCUT2D eigenvalue weighted by molar-refractivity contribution is -0.133. The van der Waals surface area contributed by atoms with E-state index in [4.69, 9.17) is 18.9 Å². The lowest BCUT2D eigenvalue weighted by atomic mass is 10.0. The number of rotatable bonds is 7. The molecular formula is C26H33N3O5. The van der Waals surface area contributed by atoms with Crippen LogP contribution in [0.3, 0.4) is 0 Å². The first-order valence-corrected chi connectivity index (χ1v) is 12.0. The highest BCUT2D eigenvalue weighted by Gasteiger charge is 2.33. The van der Waals surface area contributed by atoms with E-state index < -0.39 is 0 Å². The second kappa shape index (κ2) is 10.1. The fraction of sp³-hybridized carbons (Fsp3) is 0.500. The van der Waals surface area contributed by atoms with E-state index in [1.54, 1.807) is 14.2 Å². The van der Waals surface area contributed by atoms with Crippen molar-refractivity contribution >= 4 is 5.91 Å². The summed E-state index contributed by atoms with van der Waals surface area (Å²) in [5.74, 6) is 3.43. The van der Waals surface area contributed by atoms with Crippen LogP contribution in [0.1, 0.15) is 30.0 Å². The number of fused-ring (bicyclic) bond motifs is 1. The van der Waals surface area contributed by atoms with E-state index in [-0.39, 0.29) is 11.9 Å². The molecule has 0 aliphatic carbocycles. The summed E-state index contributed by atoms with van der Waals surface area (Å²) in [6.07, 6.45) is 1.94. The molecule has 2 fully saturated rings. The van der Waals surface area contributed by atoms with Crippen LogP contribution in [0.25, 0.3) is 0 Å². The molecule has 34 heavy (non-hydrogen) atoms. The second-order valence-electron chi connectivity index (χ2n) is 9.09. The SMILES string of the molecule is COc1ccc(OC)c([C@@H]2CCCN2C(=O)CN2CCN(Cc3ccc4c(c3)OCO4)CC2)c1. The molecule has 3 aliphatic rings. The quantitative estimate of drug-likeness (QED) is 0.621. The van der Waals surface area contributed by atoms with Crippen molar-refractivity contribution in [3.8, 4) is 23.0 Å². The average Bonchev–Trinajstić information content (AvgIpc) is 3.54. The number of carbonyl (C=O) groups is 1. The largest absolute Gasteiger partial charge is 0.497 e. The van der Waals surface area contributed by atoms with E-state index in [2.05, 4.69) is 21.9 Å². The summed E-state index contributed by atoms with van der Waals surface area (Å²) in [5.41, 5.74) is 2.25. The van der Waals surface area contributed by atoms with E-state index in [1.807, 2.05) is 29.2 Å². The van der Waals surface area contributed by atoms with Crippen molar-refractivity contribution in [3.05, 3.63) is 47.5 Å². The summed E-state index contributed by atoms with van der Waals surface area (Å²) in [4.78, 5) is 20.0. The average molecular weight is 468 g/mol. The molecule has 0 saturated carbocycles. The number of amides is 1. The number of nitrogens with zero attached hydrogens (tertiary/aromatic N) is 3. The molecule has 3 heterocycles. The Balaban J connectivity index is 1.16. The third-order valence-corrected chi connectivity index (χ3v) is 7.04. The van der Waals surface area contributed by atoms with E-state index in [9.17, 15) is 4.79 Å². The van der Waals surface area contributed by atoms with Crippen molar-refractivity contribution in [2.24, 2.45) is 0 Å². The molecular weight excluding hydrogens is 434 g/mol. The van der Waals surface area contributed by atoms with Gasteiger partial charge in [0.25, 0.3) is 0 Å². The van der Waals surface area contributed by atoms with Crippen LogP contribution in [0, 0.1) is 0 Å². The van der Waals surface area contributed by atoms with Gasteiger partial charge in [-0.15, -0.1) is 0 Å². The summed E-state index contributed by atoms with van der Waals surface area (Å²) in [5, 5.41) is 0. The van der Waals surface area contributed by atoms with E-state index >= 15 is 0 Å². The maximum absolute atomic E-state index is 13.3. The van der Waals surface area contributed by atoms with Gasteiger partial charge < -0.3 is 23.8 Å². The van der Waals surface area contributed by atoms with Gasteiger partial charge in [-0.2, -0.15) is 0 Å². The third-order valence-electron chi connectivity index (χ3n) is 7.04. The van der Waals surface area contributed by atoms with Crippen molar-refractivity contribution in [1.29, 1.82) is 0 Å². The first kappa shape index (κ1) is 22.8. The van der Waals surface area contributed by atoms with Crippen molar-refractivity contribution in [2.75, 3.05) is 60.3 Å². The zero-order chi connectivity index (χ0) is 23.5. The molecule has 0 N–H and O–H groups in total. The number of hydrogen-bond donors (Lipinski definition) is 0. The Labute approximate surface area is 200 Å². The number of benzene rings is 2. The minimum Gasteiger partial charge on any atom is -0.497 e. The molecule has 0 unspecified atom stereocenters. The number of carbonyl (C=O) groups excluding carboxylic acids is 1. The van der Waals surface area contributed by atoms with Gasteiger partial charge in [-0.3, -0.25) is 14.6 Å². The van der Waals surface area contributed by atoms with Crippen molar-refractivity contribution < 1.29 is 23.7 Å². The Bertz CT molecular complexity index is 1020. The van der Waals surface area contributed by atoms with Gasteiger partial charge in [0.05, 0.1) is 26.8 Å². The molecule has 182 valence electrons. The first-order chi connectivity index (χ1) is 16.6. The van der Waals surface area contributed by atoms with E-state index in [0.717, 1.165) is 80.7 Å². The Morgan fingerprint density at radius 3 is 2.53 bits per heavy atom. The highest BCUT2D eigenvalue weighted by molar-refractivity contribution is 5.79. The van der Waals surface area contributed by atoms with Gasteiger partial charge in [0.1, 0.15) is 11.5 Å². The smallest absolute Gasteiger partial charge is 0.237 e. The molecule has 8 heteroatoms. The van der Waals surface area contributed by atoms with Gasteiger partial charge in [-0.05, 0) is 48.7 Å². The molecule has 0 bridgehead atoms. The van der Waals surface area contributed by atoms with Crippen LogP contribution in [0.2, 0.25) is 0 Å². The minimum absolute atomic E-state index is 0.0323. The summed E-state index contributed by atoms with van der Waals surface area (Å²) < 4.78 is 21.9. The molecule has 3 aliphatic heterocycles. The van der Waals surface area contributed by atoms with Gasteiger partial charge in [0.15, 0.2) is 11.5 Å². The highest BCUT2D eigenvalue weighted by atomic mass is 16.7. The van der Waals surface area contributed by atoms with Crippen LogP contribution in [-0.4, -0.2) is 80.9 Å². The van der Waals surface area contributed by atoms with Crippen LogP contribution in [0.4, 0.5) is 0 Å². The zero-order valence-corrected chi connectivity index (χ0v) is 20.0. The normalized spacial score (nSPS) is 20.5. The molecule has 1 atom stereocenters. The molecule has 0 radical (unpaired) electrons. The maximum Gasteiger partial charge on any atom is 0.237 e. The molecule has 0 spiro atoms. The third kappa shape index (κ3) is 4.79. The summed E-state index contributed by atoms with van der Waals surface area (Å²) >= 11 is 0. The van der Waals surface area contributed by atoms with Gasteiger partial charge in [-0.25, -0.2) is 0 Å². The molecule has 2 saturated heterocycles. The fourth-order valence-electron chi connectivity index (χ4n) is 5.17. The van der Waals surface area contributed by atoms with Crippen molar-refractivity contribution in [3.63, 3.8) is 0 Å². The number of piperazine rings is 1. The molecule has 2 aromatic rings. The minimum atomic E-state index is 0.0323. The van der Waals surface area contributed by atoms with Crippen LogP contribution < -0.4 is 18.9 Å². The Morgan fingerprint density at radius 2 is 1.74 bits per heavy atom. The van der Waals surface area contributed by atoms with Gasteiger partial charge in [-0.1, -0.05) is 6.07 Å². The number of methoxy groups -OCH3 is 2. The van der Waals surface area contributed by atoms with Gasteiger partial charge in [0, 0.05) is 44.8 Å². The van der Waals surface area contributed by atoms with Crippen LogP contribution in [0.15, 0.2) is 36.4 Å². The molecule has 2 aromatic carbocycles. The van der Waals surface area contributed by atoms with Crippen molar-refractivity contribution in [2.45, 2.75) is 25.4 Å². The Morgan fingerprint density at radius 1 is 0.941 bits per heavy atom. The van der Waals surface area contributed by atoms with Gasteiger partial charge in [0.2, 0.25) is 12.7 Å². The van der Waals surface area contributed by atoms with Gasteiger partial charge >= 0.3 is 0 Å². The number of hydrogen-bond acceptors (Lipinski definition) is 7. The predicted octanol–water partition coefficient (Wildman–Crippen LogP) is 2.91. The molecule has 0 aromatic heterocycles. The van der Waals surface area contributed by atoms with Crippen LogP contribution >= 0.6 is 0 Å². The lowest BCUT2D eigenvalue weighted by Crippen LogP contribution is -2.49. The molecule has 8 nitrogen and oxygen atoms in total. The summed E-state index contributed by atoms with van der Waals surface area (Å²) in [6, 6.07) is 12.0. The topological polar surface area (TPSA) is 63.7 Å². The number of likely N-dealkylation sites (tertiary alicyclic amines) is 1. The first-order valence-electron chi connectivity index (χ1n) is 12.0. The lowest BCUT2D eigenvalue weighted by Gasteiger charge is -2.36. The fourth-order valence-corrected chi connectivity index (χ4v) is 5.17. The predicted molar refractivity (Wildman–Crippen MR) is 128 cm³/mol. The van der Waals surface area contributed by atoms with Crippen LogP contribution in [-0.2, 0) is 11.3 Å². The Kier molecular flexibility index (Phi) is 6.78. The van der Waals surface area contributed by atoms with E-state index in [0.29, 0.717) is 13.3 Å². The summed E-state index contributed by atoms with van der Waals surface area (Å²) in [6.45, 7) is 6.07. The molecule has 1 amide bonds. The zero-order valence-electron chi connectivity index (χ0n) is 20.0.